The molecule has 0 aromatic carbocycles. The van der Waals surface area contributed by atoms with Crippen molar-refractivity contribution in [3.05, 3.63) is 0 Å². The Hall–Kier alpha value is -0.190. The summed E-state index contributed by atoms with van der Waals surface area (Å²) in [5, 5.41) is 0. The second-order valence-electron chi connectivity index (χ2n) is 5.33. The van der Waals surface area contributed by atoms with Gasteiger partial charge < -0.3 is 10.5 Å². The lowest BCUT2D eigenvalue weighted by atomic mass is 9.80. The van der Waals surface area contributed by atoms with Gasteiger partial charge >= 0.3 is 0 Å². The van der Waals surface area contributed by atoms with Crippen LogP contribution in [-0.4, -0.2) is 42.2 Å². The van der Waals surface area contributed by atoms with Crippen molar-refractivity contribution in [3.8, 4) is 0 Å². The quantitative estimate of drug-likeness (QED) is 0.746. The minimum atomic E-state index is 0.0847. The lowest BCUT2D eigenvalue weighted by molar-refractivity contribution is 0.00166. The fraction of sp³-hybridized carbons (Fsp3) is 0.917. The zero-order chi connectivity index (χ0) is 11.6. The van der Waals surface area contributed by atoms with Gasteiger partial charge in [0.2, 0.25) is 0 Å². The van der Waals surface area contributed by atoms with E-state index in [1.165, 1.54) is 12.8 Å². The van der Waals surface area contributed by atoms with Crippen LogP contribution in [-0.2, 0) is 4.74 Å². The molecule has 0 radical (unpaired) electrons. The first-order valence-electron chi connectivity index (χ1n) is 6.23. The highest BCUT2D eigenvalue weighted by Gasteiger charge is 2.35. The monoisotopic (exact) mass is 242 g/mol. The fourth-order valence-electron chi connectivity index (χ4n) is 2.64. The minimum absolute atomic E-state index is 0.0847. The summed E-state index contributed by atoms with van der Waals surface area (Å²) >= 11 is 5.16. The van der Waals surface area contributed by atoms with E-state index in [2.05, 4.69) is 11.8 Å². The van der Waals surface area contributed by atoms with Crippen molar-refractivity contribution in [1.82, 2.24) is 4.90 Å². The predicted molar refractivity (Wildman–Crippen MR) is 69.5 cm³/mol. The Kier molecular flexibility index (Phi) is 3.82. The van der Waals surface area contributed by atoms with Gasteiger partial charge in [-0.2, -0.15) is 0 Å². The first-order valence-corrected chi connectivity index (χ1v) is 6.64. The van der Waals surface area contributed by atoms with Gasteiger partial charge in [0.1, 0.15) is 0 Å². The summed E-state index contributed by atoms with van der Waals surface area (Å²) in [7, 11) is 0. The molecule has 16 heavy (non-hydrogen) atoms. The molecule has 4 heteroatoms. The molecule has 0 bridgehead atoms. The molecular weight excluding hydrogens is 220 g/mol. The van der Waals surface area contributed by atoms with Crippen LogP contribution >= 0.6 is 12.2 Å². The van der Waals surface area contributed by atoms with Gasteiger partial charge in [0.25, 0.3) is 0 Å². The van der Waals surface area contributed by atoms with Crippen molar-refractivity contribution in [3.63, 3.8) is 0 Å². The van der Waals surface area contributed by atoms with Crippen LogP contribution in [0.5, 0.6) is 0 Å². The Bertz CT molecular complexity index is 256. The van der Waals surface area contributed by atoms with Crippen molar-refractivity contribution in [2.45, 2.75) is 38.6 Å². The molecule has 2 heterocycles. The Morgan fingerprint density at radius 2 is 2.12 bits per heavy atom. The maximum absolute atomic E-state index is 5.81. The minimum Gasteiger partial charge on any atom is -0.393 e. The van der Waals surface area contributed by atoms with E-state index in [1.54, 1.807) is 0 Å². The van der Waals surface area contributed by atoms with Crippen molar-refractivity contribution < 1.29 is 4.74 Å². The average Bonchev–Trinajstić information content (AvgIpc) is 2.31. The number of piperidine rings is 1. The molecule has 2 aliphatic heterocycles. The molecule has 0 aliphatic carbocycles. The van der Waals surface area contributed by atoms with Gasteiger partial charge in [-0.1, -0.05) is 19.1 Å². The smallest absolute Gasteiger partial charge is 0.0788 e. The van der Waals surface area contributed by atoms with Crippen LogP contribution in [0.4, 0.5) is 0 Å². The van der Waals surface area contributed by atoms with Crippen LogP contribution in [0, 0.1) is 5.41 Å². The summed E-state index contributed by atoms with van der Waals surface area (Å²) in [4.78, 5) is 3.24. The van der Waals surface area contributed by atoms with E-state index in [0.717, 1.165) is 39.1 Å². The Morgan fingerprint density at radius 3 is 2.62 bits per heavy atom. The van der Waals surface area contributed by atoms with Crippen LogP contribution in [0.1, 0.15) is 32.6 Å². The molecule has 2 saturated heterocycles. The number of nitrogens with two attached hydrogens (primary N) is 1. The van der Waals surface area contributed by atoms with Gasteiger partial charge in [0.05, 0.1) is 11.6 Å². The van der Waals surface area contributed by atoms with Crippen LogP contribution in [0.3, 0.4) is 0 Å². The standard InChI is InChI=1S/C12H22N2OS/c1-12(11(13)16)4-6-14(7-5-12)10-3-2-8-15-9-10/h10H,2-9H2,1H3,(H2,13,16). The van der Waals surface area contributed by atoms with E-state index in [-0.39, 0.29) is 5.41 Å². The third-order valence-corrected chi connectivity index (χ3v) is 4.64. The summed E-state index contributed by atoms with van der Waals surface area (Å²) in [6.07, 6.45) is 4.68. The topological polar surface area (TPSA) is 38.5 Å². The van der Waals surface area contributed by atoms with E-state index in [4.69, 9.17) is 22.7 Å². The van der Waals surface area contributed by atoms with Gasteiger partial charge in [-0.05, 0) is 38.8 Å². The molecule has 1 atom stereocenters. The maximum Gasteiger partial charge on any atom is 0.0788 e. The third kappa shape index (κ3) is 2.55. The SMILES string of the molecule is CC1(C(N)=S)CCN(C2CCCOC2)CC1. The van der Waals surface area contributed by atoms with Crippen LogP contribution in [0.15, 0.2) is 0 Å². The molecule has 0 saturated carbocycles. The molecule has 0 amide bonds. The molecule has 0 spiro atoms. The molecule has 0 aromatic heterocycles. The van der Waals surface area contributed by atoms with E-state index in [1.807, 2.05) is 0 Å². The largest absolute Gasteiger partial charge is 0.393 e. The lowest BCUT2D eigenvalue weighted by Gasteiger charge is -2.43. The molecule has 2 N–H and O–H groups in total. The van der Waals surface area contributed by atoms with Gasteiger partial charge in [-0.3, -0.25) is 4.90 Å². The van der Waals surface area contributed by atoms with Gasteiger partial charge in [-0.15, -0.1) is 0 Å². The molecule has 0 aromatic rings. The first-order chi connectivity index (χ1) is 7.62. The lowest BCUT2D eigenvalue weighted by Crippen LogP contribution is -2.50. The summed E-state index contributed by atoms with van der Waals surface area (Å²) in [5.74, 6) is 0. The van der Waals surface area contributed by atoms with Crippen LogP contribution < -0.4 is 5.73 Å². The summed E-state index contributed by atoms with van der Waals surface area (Å²) in [5.41, 5.74) is 5.90. The number of hydrogen-bond donors (Lipinski definition) is 1. The van der Waals surface area contributed by atoms with Crippen molar-refractivity contribution in [2.75, 3.05) is 26.3 Å². The number of thiocarbonyl (C=S) groups is 1. The van der Waals surface area contributed by atoms with Crippen molar-refractivity contribution in [2.24, 2.45) is 11.1 Å². The van der Waals surface area contributed by atoms with Crippen molar-refractivity contribution in [1.29, 1.82) is 0 Å². The third-order valence-electron chi connectivity index (χ3n) is 4.15. The molecule has 1 unspecified atom stereocenters. The zero-order valence-corrected chi connectivity index (χ0v) is 10.9. The molecular formula is C12H22N2OS. The summed E-state index contributed by atoms with van der Waals surface area (Å²) < 4.78 is 5.54. The normalized spacial score (nSPS) is 31.2. The van der Waals surface area contributed by atoms with E-state index in [0.29, 0.717) is 11.0 Å². The van der Waals surface area contributed by atoms with Gasteiger partial charge in [-0.25, -0.2) is 0 Å². The highest BCUT2D eigenvalue weighted by atomic mass is 32.1. The number of hydrogen-bond acceptors (Lipinski definition) is 3. The fourth-order valence-corrected chi connectivity index (χ4v) is 2.84. The van der Waals surface area contributed by atoms with Crippen LogP contribution in [0.2, 0.25) is 0 Å². The summed E-state index contributed by atoms with van der Waals surface area (Å²) in [6, 6.07) is 0.629. The highest BCUT2D eigenvalue weighted by molar-refractivity contribution is 7.80. The number of ether oxygens (including phenoxy) is 1. The molecule has 2 fully saturated rings. The van der Waals surface area contributed by atoms with Gasteiger partial charge in [0.15, 0.2) is 0 Å². The van der Waals surface area contributed by atoms with Gasteiger partial charge in [0, 0.05) is 18.1 Å². The van der Waals surface area contributed by atoms with Crippen molar-refractivity contribution >= 4 is 17.2 Å². The number of likely N-dealkylation sites (tertiary alicyclic amines) is 1. The molecule has 2 rings (SSSR count). The summed E-state index contributed by atoms with van der Waals surface area (Å²) in [6.45, 7) is 6.27. The number of nitrogens with zero attached hydrogens (tertiary/aromatic N) is 1. The Balaban J connectivity index is 1.87. The average molecular weight is 242 g/mol. The zero-order valence-electron chi connectivity index (χ0n) is 10.1. The molecule has 2 aliphatic rings. The Morgan fingerprint density at radius 1 is 1.44 bits per heavy atom. The van der Waals surface area contributed by atoms with E-state index >= 15 is 0 Å². The second-order valence-corrected chi connectivity index (χ2v) is 5.77. The Labute approximate surface area is 103 Å². The number of rotatable bonds is 2. The highest BCUT2D eigenvalue weighted by Crippen LogP contribution is 2.32. The first kappa shape index (κ1) is 12.3. The molecule has 3 nitrogen and oxygen atoms in total. The maximum atomic E-state index is 5.81. The van der Waals surface area contributed by atoms with E-state index in [9.17, 15) is 0 Å². The second kappa shape index (κ2) is 4.98. The van der Waals surface area contributed by atoms with Crippen LogP contribution in [0.25, 0.3) is 0 Å². The molecule has 92 valence electrons. The predicted octanol–water partition coefficient (Wildman–Crippen LogP) is 1.55. The van der Waals surface area contributed by atoms with E-state index < -0.39 is 0 Å².